The molecule has 2 aromatic carbocycles. The number of nitrogens with one attached hydrogen (secondary N) is 2. The van der Waals surface area contributed by atoms with Gasteiger partial charge < -0.3 is 20.5 Å². The van der Waals surface area contributed by atoms with Gasteiger partial charge in [0.1, 0.15) is 12.6 Å². The maximum absolute atomic E-state index is 12.7. The van der Waals surface area contributed by atoms with Crippen LogP contribution in [0.25, 0.3) is 11.1 Å². The molecule has 2 amide bonds. The van der Waals surface area contributed by atoms with E-state index in [1.54, 1.807) is 0 Å². The van der Waals surface area contributed by atoms with Gasteiger partial charge in [0.15, 0.2) is 0 Å². The number of fused-ring (bicyclic) bond motifs is 3. The molecule has 0 aromatic heterocycles. The number of hydrogen-bond acceptors (Lipinski definition) is 4. The van der Waals surface area contributed by atoms with Gasteiger partial charge in [-0.05, 0) is 40.5 Å². The molecular formula is C27H34N2O5. The summed E-state index contributed by atoms with van der Waals surface area (Å²) in [5.41, 5.74) is 4.44. The van der Waals surface area contributed by atoms with E-state index in [0.717, 1.165) is 28.7 Å². The third-order valence-electron chi connectivity index (χ3n) is 6.60. The van der Waals surface area contributed by atoms with Crippen LogP contribution < -0.4 is 10.6 Å². The molecule has 7 heteroatoms. The number of carbonyl (C=O) groups is 3. The zero-order chi connectivity index (χ0) is 24.7. The Hall–Kier alpha value is -3.35. The lowest BCUT2D eigenvalue weighted by molar-refractivity contribution is -0.137. The number of aliphatic carboxylic acids is 1. The summed E-state index contributed by atoms with van der Waals surface area (Å²) < 4.78 is 5.53. The van der Waals surface area contributed by atoms with Crippen molar-refractivity contribution in [1.29, 1.82) is 0 Å². The molecule has 182 valence electrons. The molecule has 1 aliphatic rings. The van der Waals surface area contributed by atoms with Gasteiger partial charge in [-0.3, -0.25) is 9.59 Å². The van der Waals surface area contributed by atoms with Crippen LogP contribution in [0.1, 0.15) is 57.1 Å². The van der Waals surface area contributed by atoms with E-state index in [-0.39, 0.29) is 25.4 Å². The third-order valence-corrected chi connectivity index (χ3v) is 6.60. The molecule has 2 aromatic rings. The Morgan fingerprint density at radius 2 is 1.59 bits per heavy atom. The summed E-state index contributed by atoms with van der Waals surface area (Å²) in [5, 5.41) is 14.5. The average Bonchev–Trinajstić information content (AvgIpc) is 3.14. The highest BCUT2D eigenvalue weighted by atomic mass is 16.5. The molecule has 0 aliphatic heterocycles. The van der Waals surface area contributed by atoms with Crippen molar-refractivity contribution in [2.45, 2.75) is 52.0 Å². The molecule has 7 nitrogen and oxygen atoms in total. The summed E-state index contributed by atoms with van der Waals surface area (Å²) in [7, 11) is 0. The van der Waals surface area contributed by atoms with E-state index < -0.39 is 24.0 Å². The first-order chi connectivity index (χ1) is 16.3. The third kappa shape index (κ3) is 6.16. The molecule has 0 radical (unpaired) electrons. The number of alkyl carbamates (subject to hydrolysis) is 1. The summed E-state index contributed by atoms with van der Waals surface area (Å²) >= 11 is 0. The summed E-state index contributed by atoms with van der Waals surface area (Å²) in [6.45, 7) is 6.85. The van der Waals surface area contributed by atoms with E-state index in [1.807, 2.05) is 36.4 Å². The number of amides is 2. The zero-order valence-electron chi connectivity index (χ0n) is 20.0. The second-order valence-electron chi connectivity index (χ2n) is 9.11. The van der Waals surface area contributed by atoms with Crippen LogP contribution in [-0.4, -0.2) is 42.3 Å². The Balaban J connectivity index is 1.63. The Kier molecular flexibility index (Phi) is 8.68. The quantitative estimate of drug-likeness (QED) is 0.450. The van der Waals surface area contributed by atoms with E-state index in [4.69, 9.17) is 9.84 Å². The Bertz CT molecular complexity index is 974. The summed E-state index contributed by atoms with van der Waals surface area (Å²) in [4.78, 5) is 36.4. The van der Waals surface area contributed by atoms with Crippen LogP contribution >= 0.6 is 0 Å². The lowest BCUT2D eigenvalue weighted by Crippen LogP contribution is -2.48. The van der Waals surface area contributed by atoms with Crippen molar-refractivity contribution in [2.75, 3.05) is 13.2 Å². The van der Waals surface area contributed by atoms with E-state index in [9.17, 15) is 14.4 Å². The van der Waals surface area contributed by atoms with Gasteiger partial charge >= 0.3 is 12.1 Å². The van der Waals surface area contributed by atoms with Crippen molar-refractivity contribution >= 4 is 18.0 Å². The number of benzene rings is 2. The Morgan fingerprint density at radius 1 is 1.00 bits per heavy atom. The van der Waals surface area contributed by atoms with Crippen molar-refractivity contribution in [2.24, 2.45) is 11.8 Å². The maximum Gasteiger partial charge on any atom is 0.407 e. The fraction of sp³-hybridized carbons (Fsp3) is 0.444. The topological polar surface area (TPSA) is 105 Å². The molecule has 3 N–H and O–H groups in total. The van der Waals surface area contributed by atoms with Crippen LogP contribution in [0.15, 0.2) is 48.5 Å². The highest BCUT2D eigenvalue weighted by Gasteiger charge is 2.30. The molecule has 0 bridgehead atoms. The number of carboxylic acids is 1. The van der Waals surface area contributed by atoms with Gasteiger partial charge in [0.25, 0.3) is 0 Å². The maximum atomic E-state index is 12.7. The first kappa shape index (κ1) is 25.3. The second kappa shape index (κ2) is 11.7. The average molecular weight is 467 g/mol. The lowest BCUT2D eigenvalue weighted by Gasteiger charge is -2.23. The Morgan fingerprint density at radius 3 is 2.12 bits per heavy atom. The molecule has 2 unspecified atom stereocenters. The standard InChI is InChI=1S/C27H34N2O5/c1-4-18(17(2)3)15-28-26(32)24(13-14-25(30)31)29-27(33)34-16-23-21-11-7-5-9-19(21)20-10-6-8-12-22(20)23/h5-12,17-18,23-24H,4,13-16H2,1-3H3,(H,28,32)(H,29,33)(H,30,31). The normalized spacial score (nSPS) is 14.1. The van der Waals surface area contributed by atoms with Gasteiger partial charge in [-0.15, -0.1) is 0 Å². The van der Waals surface area contributed by atoms with Crippen molar-refractivity contribution in [3.8, 4) is 11.1 Å². The minimum Gasteiger partial charge on any atom is -0.481 e. The van der Waals surface area contributed by atoms with Crippen LogP contribution in [0.5, 0.6) is 0 Å². The number of carbonyl (C=O) groups excluding carboxylic acids is 2. The van der Waals surface area contributed by atoms with Crippen molar-refractivity contribution in [3.05, 3.63) is 59.7 Å². The monoisotopic (exact) mass is 466 g/mol. The predicted octanol–water partition coefficient (Wildman–Crippen LogP) is 4.56. The summed E-state index contributed by atoms with van der Waals surface area (Å²) in [6, 6.07) is 15.1. The molecular weight excluding hydrogens is 432 g/mol. The highest BCUT2D eigenvalue weighted by molar-refractivity contribution is 5.86. The molecule has 34 heavy (non-hydrogen) atoms. The molecule has 1 aliphatic carbocycles. The molecule has 0 heterocycles. The molecule has 0 saturated carbocycles. The van der Waals surface area contributed by atoms with Gasteiger partial charge in [-0.25, -0.2) is 4.79 Å². The Labute approximate surface area is 200 Å². The van der Waals surface area contributed by atoms with Crippen LogP contribution in [-0.2, 0) is 14.3 Å². The van der Waals surface area contributed by atoms with E-state index in [1.165, 1.54) is 0 Å². The van der Waals surface area contributed by atoms with Crippen LogP contribution in [0, 0.1) is 11.8 Å². The number of carboxylic acid groups (broad SMARTS) is 1. The molecule has 2 atom stereocenters. The van der Waals surface area contributed by atoms with Gasteiger partial charge in [-0.1, -0.05) is 75.7 Å². The predicted molar refractivity (Wildman–Crippen MR) is 130 cm³/mol. The summed E-state index contributed by atoms with van der Waals surface area (Å²) in [6.07, 6.45) is -0.0619. The van der Waals surface area contributed by atoms with E-state index in [2.05, 4.69) is 43.5 Å². The van der Waals surface area contributed by atoms with Crippen LogP contribution in [0.3, 0.4) is 0 Å². The number of ether oxygens (including phenoxy) is 1. The first-order valence-electron chi connectivity index (χ1n) is 11.9. The molecule has 0 spiro atoms. The minimum absolute atomic E-state index is 0.0101. The van der Waals surface area contributed by atoms with E-state index in [0.29, 0.717) is 18.4 Å². The van der Waals surface area contributed by atoms with Gasteiger partial charge in [0, 0.05) is 18.9 Å². The largest absolute Gasteiger partial charge is 0.481 e. The lowest BCUT2D eigenvalue weighted by atomic mass is 9.93. The fourth-order valence-corrected chi connectivity index (χ4v) is 4.53. The van der Waals surface area contributed by atoms with Crippen molar-refractivity contribution in [1.82, 2.24) is 10.6 Å². The first-order valence-corrected chi connectivity index (χ1v) is 11.9. The highest BCUT2D eigenvalue weighted by Crippen LogP contribution is 2.44. The second-order valence-corrected chi connectivity index (χ2v) is 9.11. The smallest absolute Gasteiger partial charge is 0.407 e. The molecule has 0 fully saturated rings. The van der Waals surface area contributed by atoms with Gasteiger partial charge in [0.2, 0.25) is 5.91 Å². The van der Waals surface area contributed by atoms with Gasteiger partial charge in [-0.2, -0.15) is 0 Å². The van der Waals surface area contributed by atoms with E-state index >= 15 is 0 Å². The molecule has 3 rings (SSSR count). The molecule has 0 saturated heterocycles. The van der Waals surface area contributed by atoms with Gasteiger partial charge in [0.05, 0.1) is 0 Å². The fourth-order valence-electron chi connectivity index (χ4n) is 4.53. The van der Waals surface area contributed by atoms with Crippen LogP contribution in [0.4, 0.5) is 4.79 Å². The van der Waals surface area contributed by atoms with Crippen LogP contribution in [0.2, 0.25) is 0 Å². The summed E-state index contributed by atoms with van der Waals surface area (Å²) in [5.74, 6) is -0.813. The SMILES string of the molecule is CCC(CNC(=O)C(CCC(=O)O)NC(=O)OCC1c2ccccc2-c2ccccc21)C(C)C. The zero-order valence-corrected chi connectivity index (χ0v) is 20.0. The number of hydrogen-bond donors (Lipinski definition) is 3. The minimum atomic E-state index is -1.03. The van der Waals surface area contributed by atoms with Crippen molar-refractivity contribution < 1.29 is 24.2 Å². The van der Waals surface area contributed by atoms with Crippen molar-refractivity contribution in [3.63, 3.8) is 0 Å². The number of rotatable bonds is 11.